The van der Waals surface area contributed by atoms with Crippen LogP contribution in [0.15, 0.2) is 474 Å². The molecule has 0 fully saturated rings. The summed E-state index contributed by atoms with van der Waals surface area (Å²) in [6.07, 6.45) is 5.55. The van der Waals surface area contributed by atoms with Crippen LogP contribution in [0.4, 0.5) is 0 Å². The fourth-order valence-corrected chi connectivity index (χ4v) is 18.7. The maximum Gasteiger partial charge on any atom is 0.160 e. The second-order valence-corrected chi connectivity index (χ2v) is 31.7. The first-order valence-corrected chi connectivity index (χ1v) is 42.4. The van der Waals surface area contributed by atoms with E-state index in [9.17, 15) is 0 Å². The zero-order chi connectivity index (χ0) is 82.2. The number of fused-ring (bicyclic) bond motifs is 12. The Morgan fingerprint density at radius 3 is 1.03 bits per heavy atom. The van der Waals surface area contributed by atoms with Crippen molar-refractivity contribution in [3.8, 4) is 123 Å². The maximum atomic E-state index is 5.26. The van der Waals surface area contributed by atoms with Crippen molar-refractivity contribution >= 4 is 108 Å². The molecular weight excluding hydrogens is 1500 g/mol. The molecule has 0 amide bonds. The highest BCUT2D eigenvalue weighted by Gasteiger charge is 2.22. The van der Waals surface area contributed by atoms with E-state index in [1.165, 1.54) is 180 Å². The quantitative estimate of drug-likeness (QED) is 0.0957. The SMILES string of the molecule is c1ccc(-c2c3ccccc3c(-c3ccc(-c4cccc5ccccc45)cc3)c3ccccc23)cc1.c1ccc(-c2ccc(-c3nc(-c4ccc(-c5cc6ccccc6c6ccccc56)cc4)cc(-c4cc5ccccc5c5ccccc45)n3)cc2)nc1.c1cncc(-c2ccc(-c3c4ccccc4c(-c4ccc5ccccc5c4)c4ccccc34)cc2)c1. The van der Waals surface area contributed by atoms with Crippen LogP contribution in [0.3, 0.4) is 0 Å². The summed E-state index contributed by atoms with van der Waals surface area (Å²) in [5.74, 6) is 0.682. The van der Waals surface area contributed by atoms with Gasteiger partial charge in [-0.05, 0) is 228 Å². The van der Waals surface area contributed by atoms with E-state index >= 15 is 0 Å². The highest BCUT2D eigenvalue weighted by Crippen LogP contribution is 2.48. The van der Waals surface area contributed by atoms with Crippen molar-refractivity contribution in [2.75, 3.05) is 0 Å². The van der Waals surface area contributed by atoms with Gasteiger partial charge in [-0.15, -0.1) is 0 Å². The molecule has 0 radical (unpaired) electrons. The number of benzene rings is 21. The minimum atomic E-state index is 0.682. The van der Waals surface area contributed by atoms with Crippen molar-refractivity contribution in [3.05, 3.63) is 474 Å². The van der Waals surface area contributed by atoms with Gasteiger partial charge in [0, 0.05) is 40.8 Å². The van der Waals surface area contributed by atoms with Crippen molar-refractivity contribution in [2.24, 2.45) is 0 Å². The van der Waals surface area contributed by atoms with Crippen LogP contribution in [0.5, 0.6) is 0 Å². The first kappa shape index (κ1) is 73.9. The number of rotatable bonds is 11. The Hall–Kier alpha value is -16.4. The molecule has 124 heavy (non-hydrogen) atoms. The molecule has 21 aromatic carbocycles. The molecule has 0 N–H and O–H groups in total. The number of hydrogen-bond acceptors (Lipinski definition) is 4. The average Bonchev–Trinajstić information content (AvgIpc) is 0.726. The van der Waals surface area contributed by atoms with E-state index < -0.39 is 0 Å². The number of pyridine rings is 2. The first-order valence-electron chi connectivity index (χ1n) is 42.4. The topological polar surface area (TPSA) is 51.6 Å². The smallest absolute Gasteiger partial charge is 0.160 e. The summed E-state index contributed by atoms with van der Waals surface area (Å²) in [7, 11) is 0. The number of hydrogen-bond donors (Lipinski definition) is 0. The third-order valence-corrected chi connectivity index (χ3v) is 24.5. The summed E-state index contributed by atoms with van der Waals surface area (Å²) in [5, 5.41) is 25.1. The molecule has 24 aromatic rings. The third-order valence-electron chi connectivity index (χ3n) is 24.5. The van der Waals surface area contributed by atoms with E-state index in [0.717, 1.165) is 44.9 Å². The summed E-state index contributed by atoms with van der Waals surface area (Å²) in [6.45, 7) is 0. The molecular formula is C120H78N4. The predicted octanol–water partition coefficient (Wildman–Crippen LogP) is 32.5. The average molecular weight is 1580 g/mol. The highest BCUT2D eigenvalue weighted by molar-refractivity contribution is 6.24. The van der Waals surface area contributed by atoms with Crippen LogP contribution in [0.1, 0.15) is 0 Å². The summed E-state index contributed by atoms with van der Waals surface area (Å²) < 4.78 is 0. The van der Waals surface area contributed by atoms with Crippen molar-refractivity contribution in [1.29, 1.82) is 0 Å². The van der Waals surface area contributed by atoms with E-state index in [4.69, 9.17) is 9.97 Å². The van der Waals surface area contributed by atoms with Crippen LogP contribution in [0, 0.1) is 0 Å². The van der Waals surface area contributed by atoms with Gasteiger partial charge in [0.25, 0.3) is 0 Å². The Balaban J connectivity index is 0.000000114. The van der Waals surface area contributed by atoms with Gasteiger partial charge in [0.15, 0.2) is 5.82 Å². The second-order valence-electron chi connectivity index (χ2n) is 31.7. The van der Waals surface area contributed by atoms with Crippen molar-refractivity contribution in [3.63, 3.8) is 0 Å². The van der Waals surface area contributed by atoms with Crippen LogP contribution in [-0.4, -0.2) is 19.9 Å². The fraction of sp³-hybridized carbons (Fsp3) is 0. The van der Waals surface area contributed by atoms with E-state index in [0.29, 0.717) is 5.82 Å². The molecule has 24 rings (SSSR count). The van der Waals surface area contributed by atoms with Gasteiger partial charge in [0.1, 0.15) is 0 Å². The van der Waals surface area contributed by atoms with Crippen LogP contribution < -0.4 is 0 Å². The zero-order valence-electron chi connectivity index (χ0n) is 67.8. The van der Waals surface area contributed by atoms with E-state index in [2.05, 4.69) is 441 Å². The Labute approximate surface area is 719 Å². The molecule has 0 saturated heterocycles. The molecule has 3 heterocycles. The number of aromatic nitrogens is 4. The lowest BCUT2D eigenvalue weighted by Crippen LogP contribution is -1.97. The molecule has 0 bridgehead atoms. The lowest BCUT2D eigenvalue weighted by Gasteiger charge is -2.18. The lowest BCUT2D eigenvalue weighted by molar-refractivity contribution is 1.18. The van der Waals surface area contributed by atoms with Crippen LogP contribution in [-0.2, 0) is 0 Å². The van der Waals surface area contributed by atoms with E-state index in [1.807, 2.05) is 42.9 Å². The van der Waals surface area contributed by atoms with Gasteiger partial charge < -0.3 is 0 Å². The minimum absolute atomic E-state index is 0.682. The monoisotopic (exact) mass is 1570 g/mol. The molecule has 0 aliphatic carbocycles. The predicted molar refractivity (Wildman–Crippen MR) is 525 cm³/mol. The van der Waals surface area contributed by atoms with Gasteiger partial charge in [0.2, 0.25) is 0 Å². The molecule has 578 valence electrons. The molecule has 0 spiro atoms. The standard InChI is InChI=1S/C49H31N3.C36H24.C35H23N/c1-3-13-38-36(11-1)29-44(42-17-7-5-15-40(38)42)32-20-22-34(23-21-32)47-31-48(45-30-37-12-2-4-14-39(37)41-16-6-8-18-43(41)45)52-49(51-47)35-26-24-33(25-27-35)46-19-9-10-28-50-46;1-2-12-27(13-3-1)35-31-16-6-8-18-33(31)36(34-19-9-7-17-32(34)35)28-23-21-26(22-24-28)30-20-10-14-25-11-4-5-15-29(25)30;1-2-9-27-22-28(20-17-24(27)8-1)35-32-13-5-3-11-30(32)34(31-12-4-6-14-33(31)35)26-18-15-25(16-19-26)29-10-7-21-36-23-29/h1-31H;1-24H;1-23H. The van der Waals surface area contributed by atoms with Gasteiger partial charge in [-0.2, -0.15) is 0 Å². The molecule has 0 atom stereocenters. The van der Waals surface area contributed by atoms with E-state index in [1.54, 1.807) is 0 Å². The fourth-order valence-electron chi connectivity index (χ4n) is 18.7. The molecule has 4 nitrogen and oxygen atoms in total. The summed E-state index contributed by atoms with van der Waals surface area (Å²) in [5.41, 5.74) is 24.2. The Kier molecular flexibility index (Phi) is 19.3. The Morgan fingerprint density at radius 2 is 0.508 bits per heavy atom. The Morgan fingerprint density at radius 1 is 0.145 bits per heavy atom. The van der Waals surface area contributed by atoms with Gasteiger partial charge in [0.05, 0.1) is 17.1 Å². The maximum absolute atomic E-state index is 5.26. The molecule has 3 aromatic heterocycles. The van der Waals surface area contributed by atoms with Gasteiger partial charge in [-0.25, -0.2) is 9.97 Å². The molecule has 4 heteroatoms. The highest BCUT2D eigenvalue weighted by atomic mass is 14.9. The molecule has 0 saturated carbocycles. The van der Waals surface area contributed by atoms with Crippen LogP contribution in [0.2, 0.25) is 0 Å². The van der Waals surface area contributed by atoms with Gasteiger partial charge in [-0.1, -0.05) is 413 Å². The normalized spacial score (nSPS) is 11.4. The summed E-state index contributed by atoms with van der Waals surface area (Å²) in [6, 6.07) is 163. The van der Waals surface area contributed by atoms with Crippen molar-refractivity contribution in [2.45, 2.75) is 0 Å². The summed E-state index contributed by atoms with van der Waals surface area (Å²) >= 11 is 0. The zero-order valence-corrected chi connectivity index (χ0v) is 67.8. The minimum Gasteiger partial charge on any atom is -0.264 e. The van der Waals surface area contributed by atoms with Gasteiger partial charge >= 0.3 is 0 Å². The molecule has 0 aliphatic heterocycles. The molecule has 0 aliphatic rings. The summed E-state index contributed by atoms with van der Waals surface area (Å²) in [4.78, 5) is 19.3. The molecule has 0 unspecified atom stereocenters. The van der Waals surface area contributed by atoms with Gasteiger partial charge in [-0.3, -0.25) is 9.97 Å². The lowest BCUT2D eigenvalue weighted by atomic mass is 9.85. The largest absolute Gasteiger partial charge is 0.264 e. The van der Waals surface area contributed by atoms with Crippen molar-refractivity contribution < 1.29 is 0 Å². The third kappa shape index (κ3) is 13.9. The number of nitrogens with zero attached hydrogens (tertiary/aromatic N) is 4. The van der Waals surface area contributed by atoms with E-state index in [-0.39, 0.29) is 0 Å². The van der Waals surface area contributed by atoms with Crippen molar-refractivity contribution in [1.82, 2.24) is 19.9 Å². The van der Waals surface area contributed by atoms with Crippen LogP contribution in [0.25, 0.3) is 231 Å². The Bertz CT molecular complexity index is 8050. The first-order chi connectivity index (χ1) is 61.5. The van der Waals surface area contributed by atoms with Crippen LogP contribution >= 0.6 is 0 Å². The second kappa shape index (κ2) is 32.4.